The van der Waals surface area contributed by atoms with Crippen molar-refractivity contribution in [2.24, 2.45) is 0 Å². The van der Waals surface area contributed by atoms with Gasteiger partial charge in [0.1, 0.15) is 17.4 Å². The molecule has 0 bridgehead atoms. The lowest BCUT2D eigenvalue weighted by Crippen LogP contribution is -2.48. The minimum absolute atomic E-state index is 0.0844. The lowest BCUT2D eigenvalue weighted by molar-refractivity contribution is -0.118. The molecule has 2 fully saturated rings. The fourth-order valence-electron chi connectivity index (χ4n) is 4.32. The van der Waals surface area contributed by atoms with Crippen molar-refractivity contribution in [3.8, 4) is 5.75 Å². The molecule has 1 aliphatic carbocycles. The summed E-state index contributed by atoms with van der Waals surface area (Å²) < 4.78 is 11.3. The number of aliphatic hydroxyl groups is 1. The van der Waals surface area contributed by atoms with Crippen molar-refractivity contribution in [3.05, 3.63) is 63.8 Å². The number of halogens is 2. The Balaban J connectivity index is 1.34. The van der Waals surface area contributed by atoms with Crippen LogP contribution in [0.1, 0.15) is 47.9 Å². The summed E-state index contributed by atoms with van der Waals surface area (Å²) in [6, 6.07) is 10.9. The molecule has 2 atom stereocenters. The summed E-state index contributed by atoms with van der Waals surface area (Å²) in [6.45, 7) is 2.13. The summed E-state index contributed by atoms with van der Waals surface area (Å²) >= 11 is 12.4. The smallest absolute Gasteiger partial charge is 0.296 e. The number of benzene rings is 2. The molecular formula is C26H26Cl2N2O5. The number of fused-ring (bicyclic) bond motifs is 1. The third-order valence-corrected chi connectivity index (χ3v) is 6.91. The number of ether oxygens (including phenoxy) is 1. The fourth-order valence-corrected chi connectivity index (χ4v) is 4.72. The molecule has 2 aliphatic rings. The van der Waals surface area contributed by atoms with Crippen LogP contribution >= 0.6 is 23.2 Å². The van der Waals surface area contributed by atoms with Crippen LogP contribution in [0.5, 0.6) is 5.75 Å². The summed E-state index contributed by atoms with van der Waals surface area (Å²) in [5.41, 5.74) is 0.957. The van der Waals surface area contributed by atoms with Crippen molar-refractivity contribution in [2.75, 3.05) is 19.6 Å². The predicted octanol–water partition coefficient (Wildman–Crippen LogP) is 4.78. The third kappa shape index (κ3) is 5.64. The van der Waals surface area contributed by atoms with Crippen LogP contribution < -0.4 is 10.1 Å². The van der Waals surface area contributed by atoms with Gasteiger partial charge in [-0.3, -0.25) is 9.59 Å². The number of hydrogen-bond acceptors (Lipinski definition) is 6. The minimum Gasteiger partial charge on any atom is -0.489 e. The van der Waals surface area contributed by atoms with Crippen LogP contribution in [-0.2, 0) is 4.79 Å². The van der Waals surface area contributed by atoms with E-state index in [1.807, 2.05) is 0 Å². The molecule has 0 spiro atoms. The SMILES string of the molecule is O=C(N[C@H](CN1CCCC1)[C@H](O)c1ccc(OC2CC2)c(Cl)c1)C(=O)c1cc2ccc(Cl)cc2o1. The number of likely N-dealkylation sites (tertiary alicyclic amines) is 1. The van der Waals surface area contributed by atoms with Gasteiger partial charge >= 0.3 is 0 Å². The average molecular weight is 517 g/mol. The molecule has 1 aromatic heterocycles. The van der Waals surface area contributed by atoms with Gasteiger partial charge in [0.05, 0.1) is 17.2 Å². The van der Waals surface area contributed by atoms with Gasteiger partial charge in [-0.2, -0.15) is 0 Å². The van der Waals surface area contributed by atoms with Gasteiger partial charge in [-0.1, -0.05) is 29.3 Å². The van der Waals surface area contributed by atoms with E-state index in [-0.39, 0.29) is 11.9 Å². The van der Waals surface area contributed by atoms with Crippen LogP contribution in [0.25, 0.3) is 11.0 Å². The van der Waals surface area contributed by atoms with E-state index in [1.54, 1.807) is 36.4 Å². The van der Waals surface area contributed by atoms with E-state index in [4.69, 9.17) is 32.4 Å². The zero-order chi connectivity index (χ0) is 24.5. The molecule has 2 aromatic carbocycles. The van der Waals surface area contributed by atoms with E-state index in [0.29, 0.717) is 38.9 Å². The van der Waals surface area contributed by atoms with Gasteiger partial charge in [-0.15, -0.1) is 0 Å². The summed E-state index contributed by atoms with van der Waals surface area (Å²) in [5, 5.41) is 15.5. The average Bonchev–Trinajstić information content (AvgIpc) is 3.32. The van der Waals surface area contributed by atoms with Gasteiger partial charge in [0, 0.05) is 23.0 Å². The molecule has 35 heavy (non-hydrogen) atoms. The highest BCUT2D eigenvalue weighted by Gasteiger charge is 2.31. The number of aliphatic hydroxyl groups excluding tert-OH is 1. The first kappa shape index (κ1) is 24.1. The number of nitrogens with one attached hydrogen (secondary N) is 1. The Bertz CT molecular complexity index is 1250. The Labute approximate surface area is 212 Å². The van der Waals surface area contributed by atoms with Crippen molar-refractivity contribution in [2.45, 2.75) is 43.9 Å². The topological polar surface area (TPSA) is 92.0 Å². The largest absolute Gasteiger partial charge is 0.489 e. The van der Waals surface area contributed by atoms with Crippen LogP contribution in [0.4, 0.5) is 0 Å². The minimum atomic E-state index is -1.07. The molecule has 1 amide bonds. The normalized spacial score (nSPS) is 17.9. The number of carbonyl (C=O) groups excluding carboxylic acids is 2. The van der Waals surface area contributed by atoms with Crippen LogP contribution in [0.3, 0.4) is 0 Å². The van der Waals surface area contributed by atoms with Crippen LogP contribution in [0, 0.1) is 0 Å². The van der Waals surface area contributed by atoms with Gasteiger partial charge in [0.25, 0.3) is 11.7 Å². The van der Waals surface area contributed by atoms with E-state index < -0.39 is 23.8 Å². The Hall–Kier alpha value is -2.58. The molecule has 1 aliphatic heterocycles. The molecule has 7 nitrogen and oxygen atoms in total. The van der Waals surface area contributed by atoms with E-state index in [9.17, 15) is 14.7 Å². The van der Waals surface area contributed by atoms with Crippen molar-refractivity contribution in [3.63, 3.8) is 0 Å². The van der Waals surface area contributed by atoms with Crippen molar-refractivity contribution in [1.82, 2.24) is 10.2 Å². The van der Waals surface area contributed by atoms with Crippen molar-refractivity contribution >= 4 is 45.9 Å². The highest BCUT2D eigenvalue weighted by atomic mass is 35.5. The third-order valence-electron chi connectivity index (χ3n) is 6.38. The van der Waals surface area contributed by atoms with E-state index >= 15 is 0 Å². The molecule has 5 rings (SSSR count). The fraction of sp³-hybridized carbons (Fsp3) is 0.385. The molecule has 2 heterocycles. The molecule has 2 N–H and O–H groups in total. The first-order valence-electron chi connectivity index (χ1n) is 11.8. The molecule has 3 aromatic rings. The first-order chi connectivity index (χ1) is 16.9. The van der Waals surface area contributed by atoms with Gasteiger partial charge in [-0.25, -0.2) is 0 Å². The van der Waals surface area contributed by atoms with Crippen molar-refractivity contribution < 1.29 is 23.8 Å². The number of nitrogens with zero attached hydrogens (tertiary/aromatic N) is 1. The number of ketones is 1. The van der Waals surface area contributed by atoms with Gasteiger partial charge in [0.2, 0.25) is 0 Å². The second-order valence-electron chi connectivity index (χ2n) is 9.16. The predicted molar refractivity (Wildman–Crippen MR) is 133 cm³/mol. The van der Waals surface area contributed by atoms with Gasteiger partial charge < -0.3 is 24.5 Å². The van der Waals surface area contributed by atoms with E-state index in [1.165, 1.54) is 6.07 Å². The maximum Gasteiger partial charge on any atom is 0.296 e. The van der Waals surface area contributed by atoms with Gasteiger partial charge in [0.15, 0.2) is 5.76 Å². The molecule has 1 saturated carbocycles. The standard InChI is InChI=1S/C26H26Cl2N2O5/c27-17-5-3-15-12-23(35-22(15)13-17)25(32)26(33)29-20(14-30-9-1-2-10-30)24(31)16-4-8-21(19(28)11-16)34-18-6-7-18/h3-5,8,11-13,18,20,24,31H,1-2,6-7,9-10,14H2,(H,29,33)/t20-,24-/m1/s1. The zero-order valence-electron chi connectivity index (χ0n) is 19.0. The second kappa shape index (κ2) is 10.2. The number of carbonyl (C=O) groups is 2. The molecule has 9 heteroatoms. The highest BCUT2D eigenvalue weighted by molar-refractivity contribution is 6.42. The maximum absolute atomic E-state index is 12.9. The summed E-state index contributed by atoms with van der Waals surface area (Å²) in [7, 11) is 0. The molecule has 0 unspecified atom stereocenters. The summed E-state index contributed by atoms with van der Waals surface area (Å²) in [6.07, 6.45) is 3.25. The lowest BCUT2D eigenvalue weighted by atomic mass is 10.0. The van der Waals surface area contributed by atoms with E-state index in [0.717, 1.165) is 38.8 Å². The number of hydrogen-bond donors (Lipinski definition) is 2. The molecule has 0 radical (unpaired) electrons. The Morgan fingerprint density at radius 2 is 1.89 bits per heavy atom. The number of rotatable bonds is 9. The number of amides is 1. The monoisotopic (exact) mass is 516 g/mol. The quantitative estimate of drug-likeness (QED) is 0.314. The van der Waals surface area contributed by atoms with Gasteiger partial charge in [-0.05, 0) is 74.7 Å². The zero-order valence-corrected chi connectivity index (χ0v) is 20.5. The number of Topliss-reactive ketones (excluding diaryl/α,β-unsaturated/α-hetero) is 1. The lowest BCUT2D eigenvalue weighted by Gasteiger charge is -2.28. The van der Waals surface area contributed by atoms with E-state index in [2.05, 4.69) is 10.2 Å². The number of furan rings is 1. The first-order valence-corrected chi connectivity index (χ1v) is 12.5. The molecular weight excluding hydrogens is 491 g/mol. The Morgan fingerprint density at radius 1 is 1.11 bits per heavy atom. The second-order valence-corrected chi connectivity index (χ2v) is 10.0. The molecule has 1 saturated heterocycles. The molecule has 184 valence electrons. The Morgan fingerprint density at radius 3 is 2.60 bits per heavy atom. The van der Waals surface area contributed by atoms with Crippen LogP contribution in [0.15, 0.2) is 46.9 Å². The maximum atomic E-state index is 12.9. The van der Waals surface area contributed by atoms with Crippen LogP contribution in [-0.4, -0.2) is 53.5 Å². The Kier molecular flexibility index (Phi) is 7.02. The summed E-state index contributed by atoms with van der Waals surface area (Å²) in [4.78, 5) is 28.0. The van der Waals surface area contributed by atoms with Crippen molar-refractivity contribution in [1.29, 1.82) is 0 Å². The van der Waals surface area contributed by atoms with Crippen LogP contribution in [0.2, 0.25) is 10.0 Å². The highest BCUT2D eigenvalue weighted by Crippen LogP contribution is 2.34. The summed E-state index contributed by atoms with van der Waals surface area (Å²) in [5.74, 6) is -1.18.